The number of nitrogens with zero attached hydrogens (tertiary/aromatic N) is 2. The van der Waals surface area contributed by atoms with Crippen LogP contribution in [-0.2, 0) is 9.59 Å². The summed E-state index contributed by atoms with van der Waals surface area (Å²) in [7, 11) is 0. The Morgan fingerprint density at radius 3 is 2.25 bits per heavy atom. The minimum atomic E-state index is -0.863. The molecule has 1 aromatic carbocycles. The van der Waals surface area contributed by atoms with Crippen molar-refractivity contribution in [3.05, 3.63) is 30.1 Å². The van der Waals surface area contributed by atoms with Gasteiger partial charge >= 0.3 is 5.97 Å². The van der Waals surface area contributed by atoms with Gasteiger partial charge in [-0.1, -0.05) is 25.0 Å². The summed E-state index contributed by atoms with van der Waals surface area (Å²) in [6.07, 6.45) is 3.03. The number of carboxylic acid groups (broad SMARTS) is 1. The zero-order valence-electron chi connectivity index (χ0n) is 13.7. The number of hydrogen-bond donors (Lipinski definition) is 1. The van der Waals surface area contributed by atoms with Crippen LogP contribution in [0.3, 0.4) is 0 Å². The van der Waals surface area contributed by atoms with Crippen molar-refractivity contribution >= 4 is 17.6 Å². The molecule has 1 N–H and O–H groups in total. The number of amides is 1. The summed E-state index contributed by atoms with van der Waals surface area (Å²) in [4.78, 5) is 27.8. The van der Waals surface area contributed by atoms with Gasteiger partial charge in [-0.3, -0.25) is 9.59 Å². The average Bonchev–Trinajstić information content (AvgIpc) is 2.62. The predicted molar refractivity (Wildman–Crippen MR) is 88.3 cm³/mol. The highest BCUT2D eigenvalue weighted by Crippen LogP contribution is 2.32. The minimum absolute atomic E-state index is 0.0460. The Morgan fingerprint density at radius 2 is 1.62 bits per heavy atom. The van der Waals surface area contributed by atoms with Gasteiger partial charge in [-0.15, -0.1) is 0 Å². The molecule has 0 spiro atoms. The summed E-state index contributed by atoms with van der Waals surface area (Å²) in [6.45, 7) is 2.15. The fourth-order valence-electron chi connectivity index (χ4n) is 3.83. The number of benzene rings is 1. The van der Waals surface area contributed by atoms with E-state index in [1.54, 1.807) is 23.1 Å². The van der Waals surface area contributed by atoms with Crippen LogP contribution in [0, 0.1) is 17.7 Å². The fourth-order valence-corrected chi connectivity index (χ4v) is 3.83. The lowest BCUT2D eigenvalue weighted by Gasteiger charge is -2.39. The molecule has 0 bridgehead atoms. The highest BCUT2D eigenvalue weighted by atomic mass is 19.1. The summed E-state index contributed by atoms with van der Waals surface area (Å²) in [5.41, 5.74) is 0.561. The monoisotopic (exact) mass is 334 g/mol. The van der Waals surface area contributed by atoms with Crippen molar-refractivity contribution in [2.45, 2.75) is 25.7 Å². The predicted octanol–water partition coefficient (Wildman–Crippen LogP) is 2.37. The van der Waals surface area contributed by atoms with Gasteiger partial charge in [-0.2, -0.15) is 0 Å². The van der Waals surface area contributed by atoms with E-state index in [-0.39, 0.29) is 11.7 Å². The normalized spacial score (nSPS) is 24.7. The van der Waals surface area contributed by atoms with Gasteiger partial charge in [0.2, 0.25) is 5.91 Å². The van der Waals surface area contributed by atoms with Crippen LogP contribution in [0.4, 0.5) is 10.1 Å². The number of halogens is 1. The zero-order valence-corrected chi connectivity index (χ0v) is 13.7. The van der Waals surface area contributed by atoms with E-state index < -0.39 is 17.8 Å². The first-order chi connectivity index (χ1) is 11.6. The lowest BCUT2D eigenvalue weighted by atomic mass is 9.78. The second-order valence-corrected chi connectivity index (χ2v) is 6.60. The molecular formula is C18H23FN2O3. The Hall–Kier alpha value is -2.11. The van der Waals surface area contributed by atoms with Gasteiger partial charge in [0.1, 0.15) is 5.82 Å². The van der Waals surface area contributed by atoms with Crippen molar-refractivity contribution in [3.8, 4) is 0 Å². The van der Waals surface area contributed by atoms with Gasteiger partial charge in [0, 0.05) is 26.2 Å². The second-order valence-electron chi connectivity index (χ2n) is 6.60. The summed E-state index contributed by atoms with van der Waals surface area (Å²) in [6, 6.07) is 6.64. The second kappa shape index (κ2) is 7.20. The van der Waals surface area contributed by atoms with E-state index >= 15 is 0 Å². The molecule has 0 radical (unpaired) electrons. The van der Waals surface area contributed by atoms with E-state index in [0.29, 0.717) is 44.7 Å². The molecule has 1 saturated heterocycles. The van der Waals surface area contributed by atoms with E-state index in [1.165, 1.54) is 6.07 Å². The van der Waals surface area contributed by atoms with E-state index in [1.807, 2.05) is 4.90 Å². The summed E-state index contributed by atoms with van der Waals surface area (Å²) < 4.78 is 13.9. The molecule has 0 aromatic heterocycles. The average molecular weight is 334 g/mol. The van der Waals surface area contributed by atoms with Crippen LogP contribution in [-0.4, -0.2) is 48.1 Å². The third kappa shape index (κ3) is 3.37. The molecule has 2 aliphatic rings. The first kappa shape index (κ1) is 16.7. The van der Waals surface area contributed by atoms with Gasteiger partial charge < -0.3 is 14.9 Å². The Balaban J connectivity index is 1.62. The van der Waals surface area contributed by atoms with Crippen molar-refractivity contribution in [3.63, 3.8) is 0 Å². The SMILES string of the molecule is O=C(O)[C@H]1CCCC[C@@H]1C(=O)N1CCN(c2ccccc2F)CC1. The van der Waals surface area contributed by atoms with Crippen LogP contribution in [0.1, 0.15) is 25.7 Å². The molecule has 3 rings (SSSR count). The molecule has 6 heteroatoms. The standard InChI is InChI=1S/C18H23FN2O3/c19-15-7-3-4-8-16(15)20-9-11-21(12-10-20)17(22)13-5-1-2-6-14(13)18(23)24/h3-4,7-8,13-14H,1-2,5-6,9-12H2,(H,23,24)/t13-,14-/m0/s1. The van der Waals surface area contributed by atoms with E-state index in [4.69, 9.17) is 0 Å². The van der Waals surface area contributed by atoms with Crippen molar-refractivity contribution in [2.24, 2.45) is 11.8 Å². The Labute approximate surface area is 141 Å². The maximum atomic E-state index is 13.9. The lowest BCUT2D eigenvalue weighted by molar-refractivity contribution is -0.152. The first-order valence-corrected chi connectivity index (χ1v) is 8.59. The fraction of sp³-hybridized carbons (Fsp3) is 0.556. The van der Waals surface area contributed by atoms with Crippen molar-refractivity contribution in [2.75, 3.05) is 31.1 Å². The topological polar surface area (TPSA) is 60.9 Å². The van der Waals surface area contributed by atoms with Crippen LogP contribution in [0.5, 0.6) is 0 Å². The summed E-state index contributed by atoms with van der Waals surface area (Å²) in [5.74, 6) is -2.13. The highest BCUT2D eigenvalue weighted by molar-refractivity contribution is 5.85. The first-order valence-electron chi connectivity index (χ1n) is 8.59. The highest BCUT2D eigenvalue weighted by Gasteiger charge is 2.38. The van der Waals surface area contributed by atoms with Crippen LogP contribution >= 0.6 is 0 Å². The minimum Gasteiger partial charge on any atom is -0.481 e. The third-order valence-electron chi connectivity index (χ3n) is 5.18. The number of aliphatic carboxylic acids is 1. The summed E-state index contributed by atoms with van der Waals surface area (Å²) >= 11 is 0. The van der Waals surface area contributed by atoms with E-state index in [2.05, 4.69) is 0 Å². The number of rotatable bonds is 3. The molecule has 2 atom stereocenters. The van der Waals surface area contributed by atoms with Gasteiger partial charge in [0.25, 0.3) is 0 Å². The number of carboxylic acids is 1. The largest absolute Gasteiger partial charge is 0.481 e. The van der Waals surface area contributed by atoms with Crippen molar-refractivity contribution in [1.82, 2.24) is 4.90 Å². The molecule has 1 aliphatic carbocycles. The number of carbonyl (C=O) groups excluding carboxylic acids is 1. The van der Waals surface area contributed by atoms with E-state index in [9.17, 15) is 19.1 Å². The molecule has 5 nitrogen and oxygen atoms in total. The van der Waals surface area contributed by atoms with Crippen LogP contribution in [0.2, 0.25) is 0 Å². The van der Waals surface area contributed by atoms with Gasteiger partial charge in [-0.25, -0.2) is 4.39 Å². The Morgan fingerprint density at radius 1 is 1.00 bits per heavy atom. The molecule has 1 saturated carbocycles. The molecule has 1 heterocycles. The smallest absolute Gasteiger partial charge is 0.307 e. The quantitative estimate of drug-likeness (QED) is 0.922. The molecule has 24 heavy (non-hydrogen) atoms. The molecule has 2 fully saturated rings. The van der Waals surface area contributed by atoms with Gasteiger partial charge in [0.15, 0.2) is 0 Å². The van der Waals surface area contributed by atoms with Crippen molar-refractivity contribution in [1.29, 1.82) is 0 Å². The molecule has 130 valence electrons. The third-order valence-corrected chi connectivity index (χ3v) is 5.18. The zero-order chi connectivity index (χ0) is 17.1. The van der Waals surface area contributed by atoms with Gasteiger partial charge in [-0.05, 0) is 25.0 Å². The molecule has 1 aliphatic heterocycles. The molecule has 1 aromatic rings. The maximum Gasteiger partial charge on any atom is 0.307 e. The molecule has 0 unspecified atom stereocenters. The Bertz CT molecular complexity index is 614. The number of hydrogen-bond acceptors (Lipinski definition) is 3. The van der Waals surface area contributed by atoms with Gasteiger partial charge in [0.05, 0.1) is 17.5 Å². The van der Waals surface area contributed by atoms with Crippen LogP contribution in [0.25, 0.3) is 0 Å². The lowest BCUT2D eigenvalue weighted by Crippen LogP contribution is -2.52. The van der Waals surface area contributed by atoms with Crippen LogP contribution < -0.4 is 4.90 Å². The summed E-state index contributed by atoms with van der Waals surface area (Å²) in [5, 5.41) is 9.36. The molecule has 1 amide bonds. The number of para-hydroxylation sites is 1. The van der Waals surface area contributed by atoms with E-state index in [0.717, 1.165) is 12.8 Å². The number of carbonyl (C=O) groups is 2. The molecular weight excluding hydrogens is 311 g/mol. The number of anilines is 1. The van der Waals surface area contributed by atoms with Crippen LogP contribution in [0.15, 0.2) is 24.3 Å². The number of piperazine rings is 1. The maximum absolute atomic E-state index is 13.9. The Kier molecular flexibility index (Phi) is 5.02. The van der Waals surface area contributed by atoms with Crippen molar-refractivity contribution < 1.29 is 19.1 Å².